The van der Waals surface area contributed by atoms with Gasteiger partial charge in [0.15, 0.2) is 0 Å². The van der Waals surface area contributed by atoms with E-state index in [4.69, 9.17) is 23.2 Å². The third-order valence-electron chi connectivity index (χ3n) is 4.47. The van der Waals surface area contributed by atoms with Crippen LogP contribution in [0.15, 0.2) is 36.4 Å². The van der Waals surface area contributed by atoms with E-state index in [0.29, 0.717) is 10.0 Å². The lowest BCUT2D eigenvalue weighted by Gasteiger charge is -2.31. The molecular weight excluding hydrogens is 319 g/mol. The number of aliphatic hydroxyl groups is 1. The number of benzene rings is 2. The molecule has 5 heteroatoms. The molecule has 1 aliphatic rings. The van der Waals surface area contributed by atoms with Gasteiger partial charge >= 0.3 is 0 Å². The second kappa shape index (κ2) is 5.43. The zero-order valence-corrected chi connectivity index (χ0v) is 13.4. The second-order valence-electron chi connectivity index (χ2n) is 5.82. The highest BCUT2D eigenvalue weighted by atomic mass is 35.5. The molecular formula is C17H16Cl2N2O. The highest BCUT2D eigenvalue weighted by molar-refractivity contribution is 6.33. The zero-order valence-electron chi connectivity index (χ0n) is 11.9. The maximum absolute atomic E-state index is 10.5. The van der Waals surface area contributed by atoms with E-state index >= 15 is 0 Å². The summed E-state index contributed by atoms with van der Waals surface area (Å²) in [4.78, 5) is 0. The number of aliphatic hydroxyl groups excluding tert-OH is 1. The van der Waals surface area contributed by atoms with Crippen molar-refractivity contribution in [1.82, 2.24) is 9.88 Å². The zero-order chi connectivity index (χ0) is 15.3. The molecule has 1 saturated heterocycles. The Hall–Kier alpha value is -1.26. The third kappa shape index (κ3) is 2.20. The molecule has 3 nitrogen and oxygen atoms in total. The van der Waals surface area contributed by atoms with Crippen LogP contribution in [-0.2, 0) is 0 Å². The van der Waals surface area contributed by atoms with Crippen molar-refractivity contribution in [1.29, 1.82) is 0 Å². The first kappa shape index (κ1) is 14.3. The molecule has 0 bridgehead atoms. The standard InChI is InChI=1S/C17H16Cl2N2O/c18-10-1-3-14-12(7-10)13-8-11(19)2-4-15(13)21(14)16-9-20-6-5-17(16)22/h1-4,7-8,16-17,20,22H,5-6,9H2. The van der Waals surface area contributed by atoms with Gasteiger partial charge in [0.05, 0.1) is 12.1 Å². The number of nitrogens with one attached hydrogen (secondary N) is 1. The number of fused-ring (bicyclic) bond motifs is 3. The van der Waals surface area contributed by atoms with E-state index in [0.717, 1.165) is 41.3 Å². The Kier molecular flexibility index (Phi) is 3.54. The maximum Gasteiger partial charge on any atom is 0.0772 e. The average molecular weight is 335 g/mol. The van der Waals surface area contributed by atoms with Crippen LogP contribution >= 0.6 is 23.2 Å². The minimum absolute atomic E-state index is 0.0103. The highest BCUT2D eigenvalue weighted by Crippen LogP contribution is 2.36. The Morgan fingerprint density at radius 2 is 1.59 bits per heavy atom. The van der Waals surface area contributed by atoms with Crippen LogP contribution in [0, 0.1) is 0 Å². The van der Waals surface area contributed by atoms with E-state index in [1.165, 1.54) is 0 Å². The molecule has 2 N–H and O–H groups in total. The lowest BCUT2D eigenvalue weighted by atomic mass is 10.0. The molecule has 0 radical (unpaired) electrons. The number of nitrogens with zero attached hydrogens (tertiary/aromatic N) is 1. The maximum atomic E-state index is 10.5. The van der Waals surface area contributed by atoms with E-state index in [2.05, 4.69) is 9.88 Å². The van der Waals surface area contributed by atoms with Crippen LogP contribution in [0.3, 0.4) is 0 Å². The number of hydrogen-bond donors (Lipinski definition) is 2. The Balaban J connectivity index is 2.06. The van der Waals surface area contributed by atoms with Crippen LogP contribution in [0.1, 0.15) is 12.5 Å². The lowest BCUT2D eigenvalue weighted by molar-refractivity contribution is 0.0881. The number of aromatic nitrogens is 1. The van der Waals surface area contributed by atoms with Crippen molar-refractivity contribution in [2.24, 2.45) is 0 Å². The largest absolute Gasteiger partial charge is 0.391 e. The van der Waals surface area contributed by atoms with Gasteiger partial charge in [0.2, 0.25) is 0 Å². The lowest BCUT2D eigenvalue weighted by Crippen LogP contribution is -2.41. The van der Waals surface area contributed by atoms with Crippen molar-refractivity contribution in [3.63, 3.8) is 0 Å². The fourth-order valence-corrected chi connectivity index (χ4v) is 3.79. The molecule has 2 atom stereocenters. The normalized spacial score (nSPS) is 22.5. The molecule has 22 heavy (non-hydrogen) atoms. The molecule has 114 valence electrons. The molecule has 1 aromatic heterocycles. The summed E-state index contributed by atoms with van der Waals surface area (Å²) in [7, 11) is 0. The van der Waals surface area contributed by atoms with E-state index in [9.17, 15) is 5.11 Å². The van der Waals surface area contributed by atoms with Crippen LogP contribution in [0.5, 0.6) is 0 Å². The van der Waals surface area contributed by atoms with Gasteiger partial charge in [0.25, 0.3) is 0 Å². The van der Waals surface area contributed by atoms with Gasteiger partial charge in [0, 0.05) is 38.4 Å². The van der Waals surface area contributed by atoms with E-state index in [1.54, 1.807) is 0 Å². The fraction of sp³-hybridized carbons (Fsp3) is 0.294. The molecule has 2 aromatic carbocycles. The molecule has 1 aliphatic heterocycles. The van der Waals surface area contributed by atoms with Crippen molar-refractivity contribution in [3.05, 3.63) is 46.4 Å². The van der Waals surface area contributed by atoms with Crippen molar-refractivity contribution in [2.45, 2.75) is 18.6 Å². The number of rotatable bonds is 1. The predicted molar refractivity (Wildman–Crippen MR) is 92.0 cm³/mol. The summed E-state index contributed by atoms with van der Waals surface area (Å²) in [6.45, 7) is 1.61. The third-order valence-corrected chi connectivity index (χ3v) is 4.94. The van der Waals surface area contributed by atoms with Crippen molar-refractivity contribution in [3.8, 4) is 0 Å². The van der Waals surface area contributed by atoms with Gasteiger partial charge in [-0.2, -0.15) is 0 Å². The van der Waals surface area contributed by atoms with Gasteiger partial charge < -0.3 is 15.0 Å². The Labute approximate surface area is 138 Å². The van der Waals surface area contributed by atoms with E-state index in [-0.39, 0.29) is 12.1 Å². The van der Waals surface area contributed by atoms with Crippen molar-refractivity contribution >= 4 is 45.0 Å². The summed E-state index contributed by atoms with van der Waals surface area (Å²) >= 11 is 12.4. The fourth-order valence-electron chi connectivity index (χ4n) is 3.45. The topological polar surface area (TPSA) is 37.2 Å². The summed E-state index contributed by atoms with van der Waals surface area (Å²) in [5, 5.41) is 17.4. The minimum Gasteiger partial charge on any atom is -0.391 e. The Morgan fingerprint density at radius 3 is 2.14 bits per heavy atom. The van der Waals surface area contributed by atoms with Crippen LogP contribution in [0.4, 0.5) is 0 Å². The molecule has 0 amide bonds. The Morgan fingerprint density at radius 1 is 1.00 bits per heavy atom. The number of hydrogen-bond acceptors (Lipinski definition) is 2. The first-order valence-corrected chi connectivity index (χ1v) is 8.18. The van der Waals surface area contributed by atoms with Crippen LogP contribution in [-0.4, -0.2) is 28.9 Å². The molecule has 0 aliphatic carbocycles. The predicted octanol–water partition coefficient (Wildman–Crippen LogP) is 4.00. The quantitative estimate of drug-likeness (QED) is 0.705. The first-order valence-electron chi connectivity index (χ1n) is 7.42. The molecule has 0 saturated carbocycles. The van der Waals surface area contributed by atoms with Crippen molar-refractivity contribution < 1.29 is 5.11 Å². The summed E-state index contributed by atoms with van der Waals surface area (Å²) in [6, 6.07) is 11.8. The van der Waals surface area contributed by atoms with E-state index < -0.39 is 0 Å². The van der Waals surface area contributed by atoms with Gasteiger partial charge in [-0.05, 0) is 49.4 Å². The average Bonchev–Trinajstić information content (AvgIpc) is 2.81. The van der Waals surface area contributed by atoms with Crippen LogP contribution < -0.4 is 5.32 Å². The summed E-state index contributed by atoms with van der Waals surface area (Å²) in [5.74, 6) is 0. The number of piperidine rings is 1. The van der Waals surface area contributed by atoms with Gasteiger partial charge in [-0.15, -0.1) is 0 Å². The Bertz CT molecular complexity index is 799. The molecule has 2 unspecified atom stereocenters. The molecule has 0 spiro atoms. The highest BCUT2D eigenvalue weighted by Gasteiger charge is 2.27. The summed E-state index contributed by atoms with van der Waals surface area (Å²) in [6.07, 6.45) is 0.402. The second-order valence-corrected chi connectivity index (χ2v) is 6.69. The molecule has 4 rings (SSSR count). The van der Waals surface area contributed by atoms with Gasteiger partial charge in [-0.25, -0.2) is 0 Å². The summed E-state index contributed by atoms with van der Waals surface area (Å²) < 4.78 is 2.22. The molecule has 3 aromatic rings. The number of halogens is 2. The van der Waals surface area contributed by atoms with Crippen LogP contribution in [0.25, 0.3) is 21.8 Å². The van der Waals surface area contributed by atoms with Crippen molar-refractivity contribution in [2.75, 3.05) is 13.1 Å². The van der Waals surface area contributed by atoms with E-state index in [1.807, 2.05) is 36.4 Å². The smallest absolute Gasteiger partial charge is 0.0772 e. The molecule has 2 heterocycles. The minimum atomic E-state index is -0.355. The first-order chi connectivity index (χ1) is 10.6. The molecule has 1 fully saturated rings. The van der Waals surface area contributed by atoms with Crippen LogP contribution in [0.2, 0.25) is 10.0 Å². The van der Waals surface area contributed by atoms with Gasteiger partial charge in [0.1, 0.15) is 0 Å². The van der Waals surface area contributed by atoms with Gasteiger partial charge in [-0.1, -0.05) is 23.2 Å². The monoisotopic (exact) mass is 334 g/mol. The summed E-state index contributed by atoms with van der Waals surface area (Å²) in [5.41, 5.74) is 2.16. The SMILES string of the molecule is OC1CCNCC1n1c2ccc(Cl)cc2c2cc(Cl)ccc21. The van der Waals surface area contributed by atoms with Gasteiger partial charge in [-0.3, -0.25) is 0 Å².